The zero-order chi connectivity index (χ0) is 15.3. The standard InChI is InChI=1S/C16H16N4O2/c1-18-6-7-19-13(10-18)9-11-8-12(2-3-14(11)19)20-5-4-15(21)17-16(20)22/h2-5,8-9H,6-7,10H2,1H3,(H,17,21,22). The van der Waals surface area contributed by atoms with Crippen LogP contribution in [-0.4, -0.2) is 32.6 Å². The van der Waals surface area contributed by atoms with Crippen molar-refractivity contribution in [3.05, 3.63) is 63.1 Å². The van der Waals surface area contributed by atoms with Crippen LogP contribution in [0.25, 0.3) is 16.6 Å². The van der Waals surface area contributed by atoms with Crippen LogP contribution in [-0.2, 0) is 13.1 Å². The first-order valence-corrected chi connectivity index (χ1v) is 7.25. The number of H-pyrrole nitrogens is 1. The Morgan fingerprint density at radius 2 is 1.95 bits per heavy atom. The van der Waals surface area contributed by atoms with Crippen LogP contribution >= 0.6 is 0 Å². The van der Waals surface area contributed by atoms with Gasteiger partial charge in [-0.1, -0.05) is 0 Å². The van der Waals surface area contributed by atoms with Crippen molar-refractivity contribution in [3.63, 3.8) is 0 Å². The zero-order valence-electron chi connectivity index (χ0n) is 12.2. The Hall–Kier alpha value is -2.60. The summed E-state index contributed by atoms with van der Waals surface area (Å²) in [7, 11) is 2.12. The first-order valence-electron chi connectivity index (χ1n) is 7.25. The number of hydrogen-bond donors (Lipinski definition) is 1. The quantitative estimate of drug-likeness (QED) is 0.726. The van der Waals surface area contributed by atoms with Gasteiger partial charge in [-0.05, 0) is 31.3 Å². The molecule has 3 aromatic rings. The summed E-state index contributed by atoms with van der Waals surface area (Å²) in [5.41, 5.74) is 2.42. The molecule has 3 heterocycles. The summed E-state index contributed by atoms with van der Waals surface area (Å²) >= 11 is 0. The van der Waals surface area contributed by atoms with Crippen LogP contribution in [0.4, 0.5) is 0 Å². The highest BCUT2D eigenvalue weighted by Gasteiger charge is 2.16. The van der Waals surface area contributed by atoms with Gasteiger partial charge in [-0.3, -0.25) is 19.2 Å². The molecular formula is C16H16N4O2. The lowest BCUT2D eigenvalue weighted by atomic mass is 10.2. The van der Waals surface area contributed by atoms with Crippen molar-refractivity contribution >= 4 is 10.9 Å². The van der Waals surface area contributed by atoms with E-state index < -0.39 is 5.69 Å². The molecule has 1 aliphatic heterocycles. The summed E-state index contributed by atoms with van der Waals surface area (Å²) in [6.45, 7) is 2.95. The average Bonchev–Trinajstić information content (AvgIpc) is 2.83. The summed E-state index contributed by atoms with van der Waals surface area (Å²) in [5.74, 6) is 0. The predicted molar refractivity (Wildman–Crippen MR) is 84.5 cm³/mol. The van der Waals surface area contributed by atoms with E-state index in [-0.39, 0.29) is 5.56 Å². The van der Waals surface area contributed by atoms with Crippen LogP contribution in [0.5, 0.6) is 0 Å². The minimum Gasteiger partial charge on any atom is -0.342 e. The first kappa shape index (κ1) is 13.1. The molecule has 0 spiro atoms. The molecule has 4 rings (SSSR count). The highest BCUT2D eigenvalue weighted by atomic mass is 16.2. The summed E-state index contributed by atoms with van der Waals surface area (Å²) in [6.07, 6.45) is 1.51. The van der Waals surface area contributed by atoms with E-state index in [1.807, 2.05) is 18.2 Å². The van der Waals surface area contributed by atoms with Crippen molar-refractivity contribution in [2.45, 2.75) is 13.1 Å². The fourth-order valence-corrected chi connectivity index (χ4v) is 3.11. The Balaban J connectivity index is 1.88. The van der Waals surface area contributed by atoms with E-state index in [2.05, 4.69) is 27.6 Å². The number of nitrogens with zero attached hydrogens (tertiary/aromatic N) is 3. The largest absolute Gasteiger partial charge is 0.342 e. The number of hydrogen-bond acceptors (Lipinski definition) is 3. The summed E-state index contributed by atoms with van der Waals surface area (Å²) < 4.78 is 3.78. The van der Waals surface area contributed by atoms with E-state index in [4.69, 9.17) is 0 Å². The molecule has 112 valence electrons. The highest BCUT2D eigenvalue weighted by molar-refractivity contribution is 5.83. The van der Waals surface area contributed by atoms with Gasteiger partial charge in [0.25, 0.3) is 5.56 Å². The predicted octanol–water partition coefficient (Wildman–Crippen LogP) is 0.926. The maximum atomic E-state index is 11.9. The summed E-state index contributed by atoms with van der Waals surface area (Å²) in [4.78, 5) is 27.7. The third-order valence-electron chi connectivity index (χ3n) is 4.21. The van der Waals surface area contributed by atoms with Gasteiger partial charge in [0.2, 0.25) is 0 Å². The molecule has 0 atom stereocenters. The minimum absolute atomic E-state index is 0.385. The molecule has 0 amide bonds. The van der Waals surface area contributed by atoms with Crippen molar-refractivity contribution < 1.29 is 0 Å². The van der Waals surface area contributed by atoms with Crippen LogP contribution in [0.2, 0.25) is 0 Å². The number of aromatic amines is 1. The van der Waals surface area contributed by atoms with Gasteiger partial charge in [0.1, 0.15) is 0 Å². The van der Waals surface area contributed by atoms with Crippen LogP contribution in [0, 0.1) is 0 Å². The van der Waals surface area contributed by atoms with Gasteiger partial charge >= 0.3 is 5.69 Å². The average molecular weight is 296 g/mol. The number of likely N-dealkylation sites (N-methyl/N-ethyl adjacent to an activating group) is 1. The highest BCUT2D eigenvalue weighted by Crippen LogP contribution is 2.25. The Bertz CT molecular complexity index is 980. The lowest BCUT2D eigenvalue weighted by Gasteiger charge is -2.25. The number of benzene rings is 1. The van der Waals surface area contributed by atoms with Crippen molar-refractivity contribution in [1.29, 1.82) is 0 Å². The Morgan fingerprint density at radius 1 is 1.09 bits per heavy atom. The number of rotatable bonds is 1. The molecule has 0 bridgehead atoms. The lowest BCUT2D eigenvalue weighted by molar-refractivity contribution is 0.273. The molecule has 1 aromatic carbocycles. The molecule has 0 radical (unpaired) electrons. The van der Waals surface area contributed by atoms with Crippen LogP contribution in [0.1, 0.15) is 5.69 Å². The Morgan fingerprint density at radius 3 is 2.77 bits per heavy atom. The first-order chi connectivity index (χ1) is 10.6. The molecule has 22 heavy (non-hydrogen) atoms. The fraction of sp³-hybridized carbons (Fsp3) is 0.250. The van der Waals surface area contributed by atoms with Gasteiger partial charge in [-0.25, -0.2) is 4.79 Å². The van der Waals surface area contributed by atoms with Crippen LogP contribution in [0.3, 0.4) is 0 Å². The summed E-state index contributed by atoms with van der Waals surface area (Å²) in [5, 5.41) is 1.11. The second kappa shape index (κ2) is 4.71. The monoisotopic (exact) mass is 296 g/mol. The molecule has 1 aliphatic rings. The molecule has 0 saturated heterocycles. The molecule has 0 fully saturated rings. The molecule has 1 N–H and O–H groups in total. The van der Waals surface area contributed by atoms with Gasteiger partial charge in [0.05, 0.1) is 5.69 Å². The zero-order valence-corrected chi connectivity index (χ0v) is 12.2. The van der Waals surface area contributed by atoms with E-state index in [1.165, 1.54) is 28.0 Å². The lowest BCUT2D eigenvalue weighted by Crippen LogP contribution is -2.29. The van der Waals surface area contributed by atoms with E-state index in [9.17, 15) is 9.59 Å². The van der Waals surface area contributed by atoms with Crippen molar-refractivity contribution in [3.8, 4) is 5.69 Å². The SMILES string of the molecule is CN1CCn2c(cc3cc(-n4ccc(=O)[nH]c4=O)ccc32)C1. The van der Waals surface area contributed by atoms with Gasteiger partial charge < -0.3 is 4.57 Å². The molecule has 6 heteroatoms. The topological polar surface area (TPSA) is 63.0 Å². The van der Waals surface area contributed by atoms with Crippen LogP contribution < -0.4 is 11.2 Å². The number of nitrogens with one attached hydrogen (secondary N) is 1. The molecule has 0 unspecified atom stereocenters. The molecule has 0 aliphatic carbocycles. The molecular weight excluding hydrogens is 280 g/mol. The van der Waals surface area contributed by atoms with Gasteiger partial charge in [0.15, 0.2) is 0 Å². The van der Waals surface area contributed by atoms with E-state index in [1.54, 1.807) is 0 Å². The molecule has 2 aromatic heterocycles. The smallest absolute Gasteiger partial charge is 0.332 e. The molecule has 6 nitrogen and oxygen atoms in total. The van der Waals surface area contributed by atoms with Gasteiger partial charge in [-0.2, -0.15) is 0 Å². The van der Waals surface area contributed by atoms with Crippen LogP contribution in [0.15, 0.2) is 46.1 Å². The molecule has 0 saturated carbocycles. The van der Waals surface area contributed by atoms with Crippen molar-refractivity contribution in [1.82, 2.24) is 19.0 Å². The normalized spacial score (nSPS) is 15.1. The third-order valence-corrected chi connectivity index (χ3v) is 4.21. The van der Waals surface area contributed by atoms with E-state index in [0.717, 1.165) is 30.7 Å². The summed E-state index contributed by atoms with van der Waals surface area (Å²) in [6, 6.07) is 9.46. The Labute approximate surface area is 126 Å². The van der Waals surface area contributed by atoms with E-state index >= 15 is 0 Å². The fourth-order valence-electron chi connectivity index (χ4n) is 3.11. The number of fused-ring (bicyclic) bond motifs is 3. The van der Waals surface area contributed by atoms with Crippen molar-refractivity contribution in [2.75, 3.05) is 13.6 Å². The minimum atomic E-state index is -0.421. The maximum Gasteiger partial charge on any atom is 0.332 e. The Kier molecular flexibility index (Phi) is 2.80. The second-order valence-electron chi connectivity index (χ2n) is 5.75. The van der Waals surface area contributed by atoms with Gasteiger partial charge in [-0.15, -0.1) is 0 Å². The maximum absolute atomic E-state index is 11.9. The second-order valence-corrected chi connectivity index (χ2v) is 5.75. The number of aromatic nitrogens is 3. The van der Waals surface area contributed by atoms with E-state index in [0.29, 0.717) is 0 Å². The van der Waals surface area contributed by atoms with Crippen molar-refractivity contribution in [2.24, 2.45) is 0 Å². The third kappa shape index (κ3) is 2.00. The van der Waals surface area contributed by atoms with Gasteiger partial charge in [0, 0.05) is 48.5 Å².